The molecule has 2 amide bonds. The zero-order valence-corrected chi connectivity index (χ0v) is 20.0. The quantitative estimate of drug-likeness (QED) is 0.473. The second kappa shape index (κ2) is 10.2. The molecule has 8 nitrogen and oxygen atoms in total. The van der Waals surface area contributed by atoms with Gasteiger partial charge in [-0.3, -0.25) is 9.59 Å². The van der Waals surface area contributed by atoms with Gasteiger partial charge in [0.15, 0.2) is 5.76 Å². The minimum atomic E-state index is -3.72. The minimum absolute atomic E-state index is 0.0289. The van der Waals surface area contributed by atoms with Crippen molar-refractivity contribution in [1.82, 2.24) is 4.31 Å². The van der Waals surface area contributed by atoms with Crippen molar-refractivity contribution in [2.75, 3.05) is 23.7 Å². The van der Waals surface area contributed by atoms with E-state index in [1.165, 1.54) is 40.9 Å². The highest BCUT2D eigenvalue weighted by atomic mass is 35.5. The van der Waals surface area contributed by atoms with Gasteiger partial charge in [0, 0.05) is 24.3 Å². The number of nitrogens with one attached hydrogen (secondary N) is 2. The molecule has 0 atom stereocenters. The van der Waals surface area contributed by atoms with Gasteiger partial charge in [0.25, 0.3) is 11.8 Å². The van der Waals surface area contributed by atoms with Gasteiger partial charge in [0.05, 0.1) is 21.9 Å². The first kappa shape index (κ1) is 24.5. The number of halogens is 1. The number of furan rings is 1. The van der Waals surface area contributed by atoms with Crippen LogP contribution in [0.2, 0.25) is 5.02 Å². The van der Waals surface area contributed by atoms with Crippen molar-refractivity contribution >= 4 is 44.8 Å². The normalized spacial score (nSPS) is 11.4. The van der Waals surface area contributed by atoms with E-state index < -0.39 is 21.8 Å². The highest BCUT2D eigenvalue weighted by Gasteiger charge is 2.23. The van der Waals surface area contributed by atoms with Gasteiger partial charge in [-0.25, -0.2) is 8.42 Å². The summed E-state index contributed by atoms with van der Waals surface area (Å²) < 4.78 is 32.0. The summed E-state index contributed by atoms with van der Waals surface area (Å²) in [7, 11) is -3.72. The van der Waals surface area contributed by atoms with Gasteiger partial charge in [-0.05, 0) is 55.0 Å². The largest absolute Gasteiger partial charge is 0.459 e. The van der Waals surface area contributed by atoms with Crippen LogP contribution < -0.4 is 10.6 Å². The fourth-order valence-corrected chi connectivity index (χ4v) is 4.81. The molecule has 0 bridgehead atoms. The third kappa shape index (κ3) is 5.44. The van der Waals surface area contributed by atoms with Gasteiger partial charge in [-0.1, -0.05) is 31.5 Å². The number of hydrogen-bond donors (Lipinski definition) is 2. The van der Waals surface area contributed by atoms with E-state index in [1.54, 1.807) is 39.0 Å². The lowest BCUT2D eigenvalue weighted by Crippen LogP contribution is -2.30. The maximum absolute atomic E-state index is 12.9. The summed E-state index contributed by atoms with van der Waals surface area (Å²) in [5, 5.41) is 5.57. The Balaban J connectivity index is 1.85. The van der Waals surface area contributed by atoms with Crippen molar-refractivity contribution in [2.24, 2.45) is 0 Å². The molecule has 0 radical (unpaired) electrons. The monoisotopic (exact) mass is 489 g/mol. The van der Waals surface area contributed by atoms with Crippen LogP contribution in [0.15, 0.2) is 64.1 Å². The maximum atomic E-state index is 12.9. The predicted molar refractivity (Wildman–Crippen MR) is 127 cm³/mol. The lowest BCUT2D eigenvalue weighted by atomic mass is 10.1. The van der Waals surface area contributed by atoms with Crippen molar-refractivity contribution in [3.8, 4) is 0 Å². The van der Waals surface area contributed by atoms with Crippen LogP contribution in [0.25, 0.3) is 0 Å². The molecule has 33 heavy (non-hydrogen) atoms. The van der Waals surface area contributed by atoms with E-state index in [1.807, 2.05) is 0 Å². The second-order valence-corrected chi connectivity index (χ2v) is 9.49. The SMILES string of the molecule is CCN(CC)S(=O)(=O)c1ccc(Cl)c(NC(=O)c2ccc(C)c(NC(=O)c3ccco3)c2)c1. The number of rotatable bonds is 8. The van der Waals surface area contributed by atoms with Crippen molar-refractivity contribution in [1.29, 1.82) is 0 Å². The fraction of sp³-hybridized carbons (Fsp3) is 0.217. The zero-order valence-electron chi connectivity index (χ0n) is 18.4. The molecule has 0 fully saturated rings. The summed E-state index contributed by atoms with van der Waals surface area (Å²) in [6.45, 7) is 5.93. The van der Waals surface area contributed by atoms with Gasteiger partial charge in [-0.15, -0.1) is 0 Å². The lowest BCUT2D eigenvalue weighted by Gasteiger charge is -2.19. The summed E-state index contributed by atoms with van der Waals surface area (Å²) in [6, 6.07) is 12.1. The molecule has 0 saturated carbocycles. The van der Waals surface area contributed by atoms with Crippen LogP contribution in [0.3, 0.4) is 0 Å². The van der Waals surface area contributed by atoms with E-state index in [9.17, 15) is 18.0 Å². The van der Waals surface area contributed by atoms with Gasteiger partial charge >= 0.3 is 0 Å². The number of benzene rings is 2. The van der Waals surface area contributed by atoms with E-state index in [0.29, 0.717) is 18.8 Å². The van der Waals surface area contributed by atoms with Crippen molar-refractivity contribution < 1.29 is 22.4 Å². The Hall–Kier alpha value is -3.14. The van der Waals surface area contributed by atoms with E-state index in [-0.39, 0.29) is 26.9 Å². The van der Waals surface area contributed by atoms with E-state index in [4.69, 9.17) is 16.0 Å². The van der Waals surface area contributed by atoms with Gasteiger partial charge in [0.1, 0.15) is 0 Å². The average Bonchev–Trinajstić information content (AvgIpc) is 3.32. The molecule has 0 saturated heterocycles. The van der Waals surface area contributed by atoms with E-state index in [0.717, 1.165) is 5.56 Å². The molecule has 0 aliphatic carbocycles. The summed E-state index contributed by atoms with van der Waals surface area (Å²) >= 11 is 6.22. The summed E-state index contributed by atoms with van der Waals surface area (Å²) in [6.07, 6.45) is 1.39. The van der Waals surface area contributed by atoms with Gasteiger partial charge in [0.2, 0.25) is 10.0 Å². The molecular weight excluding hydrogens is 466 g/mol. The molecule has 1 aromatic heterocycles. The van der Waals surface area contributed by atoms with E-state index in [2.05, 4.69) is 10.6 Å². The van der Waals surface area contributed by atoms with E-state index >= 15 is 0 Å². The van der Waals surface area contributed by atoms with Crippen molar-refractivity contribution in [3.05, 3.63) is 76.7 Å². The number of sulfonamides is 1. The Morgan fingerprint density at radius 2 is 1.67 bits per heavy atom. The minimum Gasteiger partial charge on any atom is -0.459 e. The van der Waals surface area contributed by atoms with Crippen LogP contribution >= 0.6 is 11.6 Å². The molecule has 0 aliphatic rings. The molecule has 0 unspecified atom stereocenters. The summed E-state index contributed by atoms with van der Waals surface area (Å²) in [5.74, 6) is -0.817. The Morgan fingerprint density at radius 1 is 0.970 bits per heavy atom. The standard InChI is InChI=1S/C23H24ClN3O5S/c1-4-27(5-2)33(30,31)17-10-11-18(24)20(14-17)26-22(28)16-9-8-15(3)19(13-16)25-23(29)21-7-6-12-32-21/h6-14H,4-5H2,1-3H3,(H,25,29)(H,26,28). The Morgan fingerprint density at radius 3 is 2.30 bits per heavy atom. The molecule has 3 rings (SSSR count). The zero-order chi connectivity index (χ0) is 24.2. The van der Waals surface area contributed by atoms with Crippen LogP contribution in [0.5, 0.6) is 0 Å². The Labute approximate surface area is 197 Å². The van der Waals surface area contributed by atoms with Gasteiger partial charge < -0.3 is 15.1 Å². The highest BCUT2D eigenvalue weighted by Crippen LogP contribution is 2.28. The van der Waals surface area contributed by atoms with Crippen LogP contribution in [0.4, 0.5) is 11.4 Å². The van der Waals surface area contributed by atoms with Crippen LogP contribution in [-0.2, 0) is 10.0 Å². The number of aryl methyl sites for hydroxylation is 1. The lowest BCUT2D eigenvalue weighted by molar-refractivity contribution is 0.0993. The first-order valence-electron chi connectivity index (χ1n) is 10.2. The van der Waals surface area contributed by atoms with Crippen molar-refractivity contribution in [3.63, 3.8) is 0 Å². The van der Waals surface area contributed by atoms with Crippen LogP contribution in [-0.4, -0.2) is 37.6 Å². The van der Waals surface area contributed by atoms with Crippen LogP contribution in [0.1, 0.15) is 40.3 Å². The fourth-order valence-electron chi connectivity index (χ4n) is 3.16. The molecule has 2 N–H and O–H groups in total. The first-order valence-corrected chi connectivity index (χ1v) is 12.1. The molecule has 3 aromatic rings. The third-order valence-corrected chi connectivity index (χ3v) is 7.40. The topological polar surface area (TPSA) is 109 Å². The molecule has 1 heterocycles. The molecule has 0 spiro atoms. The smallest absolute Gasteiger partial charge is 0.291 e. The first-order chi connectivity index (χ1) is 15.7. The molecule has 174 valence electrons. The summed E-state index contributed by atoms with van der Waals surface area (Å²) in [4.78, 5) is 25.2. The number of carbonyl (C=O) groups is 2. The van der Waals surface area contributed by atoms with Gasteiger partial charge in [-0.2, -0.15) is 4.31 Å². The Kier molecular flexibility index (Phi) is 7.57. The number of hydrogen-bond acceptors (Lipinski definition) is 5. The molecular formula is C23H24ClN3O5S. The number of amides is 2. The second-order valence-electron chi connectivity index (χ2n) is 7.15. The third-order valence-electron chi connectivity index (χ3n) is 5.02. The molecule has 10 heteroatoms. The van der Waals surface area contributed by atoms with Crippen molar-refractivity contribution in [2.45, 2.75) is 25.7 Å². The molecule has 0 aliphatic heterocycles. The number of nitrogens with zero attached hydrogens (tertiary/aromatic N) is 1. The highest BCUT2D eigenvalue weighted by molar-refractivity contribution is 7.89. The average molecular weight is 490 g/mol. The number of anilines is 2. The Bertz CT molecular complexity index is 1270. The number of carbonyl (C=O) groups excluding carboxylic acids is 2. The summed E-state index contributed by atoms with van der Waals surface area (Å²) in [5.41, 5.74) is 1.60. The maximum Gasteiger partial charge on any atom is 0.291 e. The molecule has 2 aromatic carbocycles. The predicted octanol–water partition coefficient (Wildman–Crippen LogP) is 4.78. The van der Waals surface area contributed by atoms with Crippen LogP contribution in [0, 0.1) is 6.92 Å².